The molecule has 36 heavy (non-hydrogen) atoms. The number of ether oxygens (including phenoxy) is 1. The summed E-state index contributed by atoms with van der Waals surface area (Å²) in [6.07, 6.45) is 2.75. The molecule has 0 atom stereocenters. The zero-order chi connectivity index (χ0) is 25.9. The minimum atomic E-state index is -4.29. The summed E-state index contributed by atoms with van der Waals surface area (Å²) in [6, 6.07) is 19.8. The molecule has 0 aliphatic heterocycles. The first kappa shape index (κ1) is 24.9. The van der Waals surface area contributed by atoms with Gasteiger partial charge in [-0.1, -0.05) is 48.0 Å². The van der Waals surface area contributed by atoms with E-state index in [9.17, 15) is 18.0 Å². The third kappa shape index (κ3) is 4.94. The van der Waals surface area contributed by atoms with Crippen molar-refractivity contribution < 1.29 is 27.2 Å². The smallest absolute Gasteiger partial charge is 0.342 e. The van der Waals surface area contributed by atoms with E-state index in [4.69, 9.17) is 9.15 Å². The van der Waals surface area contributed by atoms with Gasteiger partial charge in [0.2, 0.25) is 0 Å². The van der Waals surface area contributed by atoms with Crippen molar-refractivity contribution in [2.75, 3.05) is 10.9 Å². The SMILES string of the molecule is CCOC(=O)c1c(C)oc2ccc(N(C(=O)C=Cc3ccccc3)S(=O)(=O)c3ccc(C)cc3)cc12. The first-order chi connectivity index (χ1) is 17.2. The van der Waals surface area contributed by atoms with Crippen LogP contribution in [0.5, 0.6) is 0 Å². The average molecular weight is 504 g/mol. The molecule has 0 aliphatic carbocycles. The highest BCUT2D eigenvalue weighted by Crippen LogP contribution is 2.33. The Balaban J connectivity index is 1.87. The van der Waals surface area contributed by atoms with Gasteiger partial charge in [-0.15, -0.1) is 0 Å². The van der Waals surface area contributed by atoms with Gasteiger partial charge < -0.3 is 9.15 Å². The number of hydrogen-bond donors (Lipinski definition) is 0. The van der Waals surface area contributed by atoms with Gasteiger partial charge in [-0.25, -0.2) is 13.2 Å². The lowest BCUT2D eigenvalue weighted by Gasteiger charge is -2.21. The first-order valence-corrected chi connectivity index (χ1v) is 12.8. The van der Waals surface area contributed by atoms with Crippen LogP contribution in [0.2, 0.25) is 0 Å². The van der Waals surface area contributed by atoms with Crippen LogP contribution < -0.4 is 4.31 Å². The highest BCUT2D eigenvalue weighted by molar-refractivity contribution is 7.93. The van der Waals surface area contributed by atoms with Gasteiger partial charge in [-0.05, 0) is 62.7 Å². The maximum absolute atomic E-state index is 13.7. The van der Waals surface area contributed by atoms with E-state index in [1.165, 1.54) is 36.4 Å². The molecule has 0 N–H and O–H groups in total. The molecule has 0 spiro atoms. The van der Waals surface area contributed by atoms with Gasteiger partial charge in [-0.2, -0.15) is 4.31 Å². The van der Waals surface area contributed by atoms with Crippen molar-refractivity contribution in [3.8, 4) is 0 Å². The van der Waals surface area contributed by atoms with Crippen molar-refractivity contribution >= 4 is 44.6 Å². The number of nitrogens with zero attached hydrogens (tertiary/aromatic N) is 1. The molecule has 0 radical (unpaired) electrons. The van der Waals surface area contributed by atoms with Crippen LogP contribution in [0.15, 0.2) is 88.2 Å². The van der Waals surface area contributed by atoms with E-state index in [2.05, 4.69) is 0 Å². The standard InChI is InChI=1S/C28H25NO6S/c1-4-34-28(31)27-20(3)35-25-16-13-22(18-24(25)27)29(26(30)17-12-21-8-6-5-7-9-21)36(32,33)23-14-10-19(2)11-15-23/h5-18H,4H2,1-3H3. The Morgan fingerprint density at radius 2 is 1.67 bits per heavy atom. The molecule has 0 saturated carbocycles. The largest absolute Gasteiger partial charge is 0.462 e. The zero-order valence-electron chi connectivity index (χ0n) is 20.1. The zero-order valence-corrected chi connectivity index (χ0v) is 20.9. The molecule has 0 aliphatic rings. The Hall–Kier alpha value is -4.17. The van der Waals surface area contributed by atoms with Crippen molar-refractivity contribution in [2.45, 2.75) is 25.7 Å². The molecule has 3 aromatic carbocycles. The lowest BCUT2D eigenvalue weighted by molar-refractivity contribution is -0.113. The number of sulfonamides is 1. The van der Waals surface area contributed by atoms with Crippen LogP contribution in [0, 0.1) is 13.8 Å². The number of hydrogen-bond acceptors (Lipinski definition) is 6. The molecule has 7 nitrogen and oxygen atoms in total. The number of anilines is 1. The molecule has 4 rings (SSSR count). The highest BCUT2D eigenvalue weighted by Gasteiger charge is 2.31. The van der Waals surface area contributed by atoms with Crippen LogP contribution in [-0.4, -0.2) is 26.9 Å². The van der Waals surface area contributed by atoms with Gasteiger partial charge in [0.1, 0.15) is 16.9 Å². The molecule has 1 aromatic heterocycles. The Kier molecular flexibility index (Phi) is 7.07. The average Bonchev–Trinajstić information content (AvgIpc) is 3.19. The van der Waals surface area contributed by atoms with Crippen LogP contribution in [-0.2, 0) is 19.6 Å². The lowest BCUT2D eigenvalue weighted by atomic mass is 10.1. The fraction of sp³-hybridized carbons (Fsp3) is 0.143. The number of benzene rings is 3. The summed E-state index contributed by atoms with van der Waals surface area (Å²) in [5.74, 6) is -1.02. The monoisotopic (exact) mass is 503 g/mol. The van der Waals surface area contributed by atoms with Crippen molar-refractivity contribution in [1.29, 1.82) is 0 Å². The number of amides is 1. The molecule has 0 unspecified atom stereocenters. The highest BCUT2D eigenvalue weighted by atomic mass is 32.2. The Morgan fingerprint density at radius 3 is 2.33 bits per heavy atom. The van der Waals surface area contributed by atoms with E-state index in [0.717, 1.165) is 15.4 Å². The topological polar surface area (TPSA) is 93.9 Å². The minimum Gasteiger partial charge on any atom is -0.462 e. The van der Waals surface area contributed by atoms with Gasteiger partial charge in [0, 0.05) is 11.5 Å². The summed E-state index contributed by atoms with van der Waals surface area (Å²) in [5.41, 5.74) is 2.25. The van der Waals surface area contributed by atoms with Gasteiger partial charge >= 0.3 is 5.97 Å². The van der Waals surface area contributed by atoms with Crippen LogP contribution in [0.3, 0.4) is 0 Å². The summed E-state index contributed by atoms with van der Waals surface area (Å²) in [7, 11) is -4.29. The normalized spacial score (nSPS) is 11.6. The van der Waals surface area contributed by atoms with Crippen LogP contribution in [0.1, 0.15) is 34.2 Å². The van der Waals surface area contributed by atoms with Crippen molar-refractivity contribution in [3.05, 3.63) is 101 Å². The van der Waals surface area contributed by atoms with Crippen LogP contribution >= 0.6 is 0 Å². The predicted molar refractivity (Wildman–Crippen MR) is 138 cm³/mol. The third-order valence-corrected chi connectivity index (χ3v) is 7.28. The number of fused-ring (bicyclic) bond motifs is 1. The molecule has 0 bridgehead atoms. The Bertz CT molecular complexity index is 1550. The molecule has 1 heterocycles. The molecule has 0 fully saturated rings. The molecular weight excluding hydrogens is 478 g/mol. The Morgan fingerprint density at radius 1 is 0.972 bits per heavy atom. The summed E-state index contributed by atoms with van der Waals surface area (Å²) >= 11 is 0. The molecule has 0 saturated heterocycles. The predicted octanol–water partition coefficient (Wildman–Crippen LogP) is 5.66. The lowest BCUT2D eigenvalue weighted by Crippen LogP contribution is -2.35. The van der Waals surface area contributed by atoms with Gasteiger partial charge in [0.05, 0.1) is 17.2 Å². The summed E-state index contributed by atoms with van der Waals surface area (Å²) in [4.78, 5) is 25.9. The molecule has 8 heteroatoms. The van der Waals surface area contributed by atoms with Gasteiger partial charge in [0.25, 0.3) is 15.9 Å². The van der Waals surface area contributed by atoms with Gasteiger partial charge in [0.15, 0.2) is 0 Å². The van der Waals surface area contributed by atoms with Crippen molar-refractivity contribution in [1.82, 2.24) is 0 Å². The fourth-order valence-corrected chi connectivity index (χ4v) is 5.17. The molecular formula is C28H25NO6S. The number of carbonyl (C=O) groups excluding carboxylic acids is 2. The van der Waals surface area contributed by atoms with Gasteiger partial charge in [-0.3, -0.25) is 4.79 Å². The fourth-order valence-electron chi connectivity index (χ4n) is 3.79. The first-order valence-electron chi connectivity index (χ1n) is 11.3. The summed E-state index contributed by atoms with van der Waals surface area (Å²) in [6.45, 7) is 5.32. The number of furan rings is 1. The molecule has 184 valence electrons. The maximum Gasteiger partial charge on any atom is 0.342 e. The minimum absolute atomic E-state index is 0.0383. The second kappa shape index (κ2) is 10.2. The van der Waals surface area contributed by atoms with Crippen LogP contribution in [0.25, 0.3) is 17.0 Å². The number of rotatable bonds is 7. The van der Waals surface area contributed by atoms with Crippen molar-refractivity contribution in [3.63, 3.8) is 0 Å². The van der Waals surface area contributed by atoms with E-state index in [-0.39, 0.29) is 22.8 Å². The van der Waals surface area contributed by atoms with Crippen LogP contribution in [0.4, 0.5) is 5.69 Å². The Labute approximate surface area is 209 Å². The van der Waals surface area contributed by atoms with E-state index < -0.39 is 21.9 Å². The van der Waals surface area contributed by atoms with Crippen molar-refractivity contribution in [2.24, 2.45) is 0 Å². The molecule has 1 amide bonds. The quantitative estimate of drug-likeness (QED) is 0.239. The molecule has 4 aromatic rings. The maximum atomic E-state index is 13.7. The third-order valence-electron chi connectivity index (χ3n) is 5.54. The van der Waals surface area contributed by atoms with E-state index >= 15 is 0 Å². The number of esters is 1. The summed E-state index contributed by atoms with van der Waals surface area (Å²) in [5, 5.41) is 0.354. The number of carbonyl (C=O) groups is 2. The summed E-state index contributed by atoms with van der Waals surface area (Å²) < 4.78 is 39.0. The number of aryl methyl sites for hydroxylation is 2. The van der Waals surface area contributed by atoms with E-state index in [1.54, 1.807) is 44.2 Å². The second-order valence-electron chi connectivity index (χ2n) is 8.10. The van der Waals surface area contributed by atoms with E-state index in [0.29, 0.717) is 16.7 Å². The van der Waals surface area contributed by atoms with E-state index in [1.807, 2.05) is 25.1 Å². The second-order valence-corrected chi connectivity index (χ2v) is 9.89.